The van der Waals surface area contributed by atoms with E-state index in [1.165, 1.54) is 12.1 Å². The van der Waals surface area contributed by atoms with Gasteiger partial charge in [-0.15, -0.1) is 0 Å². The summed E-state index contributed by atoms with van der Waals surface area (Å²) in [6, 6.07) is 13.4. The van der Waals surface area contributed by atoms with Gasteiger partial charge in [-0.05, 0) is 42.0 Å². The van der Waals surface area contributed by atoms with Crippen molar-refractivity contribution in [2.24, 2.45) is 0 Å². The molecule has 0 saturated carbocycles. The number of hydrogen-bond donors (Lipinski definition) is 1. The normalized spacial score (nSPS) is 10.1. The quantitative estimate of drug-likeness (QED) is 0.478. The van der Waals surface area contributed by atoms with Gasteiger partial charge in [0.15, 0.2) is 5.78 Å². The van der Waals surface area contributed by atoms with Gasteiger partial charge in [0, 0.05) is 10.6 Å². The van der Waals surface area contributed by atoms with Gasteiger partial charge in [0.1, 0.15) is 12.4 Å². The summed E-state index contributed by atoms with van der Waals surface area (Å²) in [4.78, 5) is 33.2. The van der Waals surface area contributed by atoms with E-state index < -0.39 is 24.0 Å². The molecule has 2 aromatic carbocycles. The molecule has 0 aliphatic carbocycles. The number of ether oxygens (including phenoxy) is 1. The molecule has 0 amide bonds. The molecular weight excluding hydrogens is 320 g/mol. The first-order valence-corrected chi connectivity index (χ1v) is 7.10. The molecule has 6 heteroatoms. The van der Waals surface area contributed by atoms with Gasteiger partial charge in [0.05, 0.1) is 6.42 Å². The summed E-state index contributed by atoms with van der Waals surface area (Å²) in [6.07, 6.45) is -0.652. The highest BCUT2D eigenvalue weighted by molar-refractivity contribution is 6.37. The van der Waals surface area contributed by atoms with Crippen LogP contribution in [0.25, 0.3) is 0 Å². The number of halogens is 1. The number of carboxylic acids is 1. The Bertz CT molecular complexity index is 720. The summed E-state index contributed by atoms with van der Waals surface area (Å²) in [5.74, 6) is -2.72. The van der Waals surface area contributed by atoms with E-state index in [1.54, 1.807) is 24.3 Å². The first kappa shape index (κ1) is 16.7. The van der Waals surface area contributed by atoms with Crippen LogP contribution < -0.4 is 4.74 Å². The predicted molar refractivity (Wildman–Crippen MR) is 83.8 cm³/mol. The average molecular weight is 333 g/mol. The van der Waals surface area contributed by atoms with Crippen LogP contribution >= 0.6 is 11.6 Å². The lowest BCUT2D eigenvalue weighted by atomic mass is 10.1. The highest BCUT2D eigenvalue weighted by atomic mass is 35.5. The minimum atomic E-state index is -1.61. The summed E-state index contributed by atoms with van der Waals surface area (Å²) >= 11 is 5.80. The van der Waals surface area contributed by atoms with Gasteiger partial charge in [-0.2, -0.15) is 0 Å². The zero-order valence-corrected chi connectivity index (χ0v) is 12.7. The van der Waals surface area contributed by atoms with E-state index in [2.05, 4.69) is 0 Å². The monoisotopic (exact) mass is 332 g/mol. The van der Waals surface area contributed by atoms with Crippen molar-refractivity contribution in [2.45, 2.75) is 13.0 Å². The molecule has 23 heavy (non-hydrogen) atoms. The molecule has 118 valence electrons. The third-order valence-corrected chi connectivity index (χ3v) is 3.31. The van der Waals surface area contributed by atoms with Gasteiger partial charge in [0.2, 0.25) is 5.78 Å². The lowest BCUT2D eigenvalue weighted by Gasteiger charge is -2.07. The standard InChI is InChI=1S/C17H13ClO5/c18-13-5-1-11(2-6-13)10-23-14-7-3-12(4-8-14)15(19)9-16(20)17(21)22/h1-8H,9-10H2,(H,21,22). The van der Waals surface area contributed by atoms with Crippen molar-refractivity contribution in [3.63, 3.8) is 0 Å². The van der Waals surface area contributed by atoms with Crippen LogP contribution in [0.1, 0.15) is 22.3 Å². The van der Waals surface area contributed by atoms with Crippen LogP contribution in [0, 0.1) is 0 Å². The summed E-state index contributed by atoms with van der Waals surface area (Å²) in [6.45, 7) is 0.349. The van der Waals surface area contributed by atoms with Crippen LogP contribution in [0.5, 0.6) is 5.75 Å². The molecule has 0 unspecified atom stereocenters. The Hall–Kier alpha value is -2.66. The minimum absolute atomic E-state index is 0.262. The Kier molecular flexibility index (Phi) is 5.49. The van der Waals surface area contributed by atoms with Crippen molar-refractivity contribution in [1.82, 2.24) is 0 Å². The average Bonchev–Trinajstić information content (AvgIpc) is 2.54. The molecule has 0 aliphatic rings. The van der Waals surface area contributed by atoms with Crippen molar-refractivity contribution in [3.8, 4) is 5.75 Å². The van der Waals surface area contributed by atoms with Crippen LogP contribution in [0.4, 0.5) is 0 Å². The second-order valence-corrected chi connectivity index (χ2v) is 5.20. The maximum atomic E-state index is 11.7. The van der Waals surface area contributed by atoms with Gasteiger partial charge in [-0.3, -0.25) is 9.59 Å². The Morgan fingerprint density at radius 2 is 1.57 bits per heavy atom. The Balaban J connectivity index is 1.93. The summed E-state index contributed by atoms with van der Waals surface area (Å²) in [7, 11) is 0. The van der Waals surface area contributed by atoms with Gasteiger partial charge in [0.25, 0.3) is 0 Å². The van der Waals surface area contributed by atoms with Crippen LogP contribution in [-0.2, 0) is 16.2 Å². The second kappa shape index (κ2) is 7.56. The fourth-order valence-electron chi connectivity index (χ4n) is 1.81. The van der Waals surface area contributed by atoms with Crippen molar-refractivity contribution in [1.29, 1.82) is 0 Å². The predicted octanol–water partition coefficient (Wildman–Crippen LogP) is 3.15. The second-order valence-electron chi connectivity index (χ2n) is 4.77. The molecule has 0 aromatic heterocycles. The maximum absolute atomic E-state index is 11.7. The van der Waals surface area contributed by atoms with Crippen LogP contribution in [0.2, 0.25) is 5.02 Å². The molecule has 0 saturated heterocycles. The molecule has 0 radical (unpaired) electrons. The van der Waals surface area contributed by atoms with E-state index in [-0.39, 0.29) is 5.56 Å². The van der Waals surface area contributed by atoms with Gasteiger partial charge >= 0.3 is 5.97 Å². The molecule has 0 atom stereocenters. The smallest absolute Gasteiger partial charge is 0.372 e. The van der Waals surface area contributed by atoms with Crippen LogP contribution in [-0.4, -0.2) is 22.6 Å². The topological polar surface area (TPSA) is 80.7 Å². The summed E-state index contributed by atoms with van der Waals surface area (Å²) in [5, 5.41) is 9.13. The Morgan fingerprint density at radius 3 is 2.13 bits per heavy atom. The summed E-state index contributed by atoms with van der Waals surface area (Å²) < 4.78 is 5.57. The van der Waals surface area contributed by atoms with Crippen LogP contribution in [0.15, 0.2) is 48.5 Å². The largest absolute Gasteiger partial charge is 0.489 e. The number of hydrogen-bond acceptors (Lipinski definition) is 4. The SMILES string of the molecule is O=C(O)C(=O)CC(=O)c1ccc(OCc2ccc(Cl)cc2)cc1. The molecule has 2 rings (SSSR count). The molecule has 0 spiro atoms. The minimum Gasteiger partial charge on any atom is -0.489 e. The van der Waals surface area contributed by atoms with Gasteiger partial charge in [-0.1, -0.05) is 23.7 Å². The van der Waals surface area contributed by atoms with E-state index in [0.717, 1.165) is 5.56 Å². The van der Waals surface area contributed by atoms with Crippen molar-refractivity contribution in [2.75, 3.05) is 0 Å². The third kappa shape index (κ3) is 4.93. The van der Waals surface area contributed by atoms with Gasteiger partial charge in [-0.25, -0.2) is 4.79 Å². The maximum Gasteiger partial charge on any atom is 0.372 e. The zero-order chi connectivity index (χ0) is 16.8. The van der Waals surface area contributed by atoms with Crippen LogP contribution in [0.3, 0.4) is 0 Å². The first-order valence-electron chi connectivity index (χ1n) is 6.72. The molecule has 1 N–H and O–H groups in total. The first-order chi connectivity index (χ1) is 11.0. The Labute approximate surface area is 137 Å². The molecule has 0 heterocycles. The van der Waals surface area contributed by atoms with Gasteiger partial charge < -0.3 is 9.84 Å². The molecule has 5 nitrogen and oxygen atoms in total. The fourth-order valence-corrected chi connectivity index (χ4v) is 1.93. The molecule has 2 aromatic rings. The lowest BCUT2D eigenvalue weighted by molar-refractivity contribution is -0.148. The summed E-state index contributed by atoms with van der Waals surface area (Å²) in [5.41, 5.74) is 1.21. The number of rotatable bonds is 7. The number of aliphatic carboxylic acids is 1. The number of ketones is 2. The molecule has 0 bridgehead atoms. The molecule has 0 aliphatic heterocycles. The number of carboxylic acid groups (broad SMARTS) is 1. The lowest BCUT2D eigenvalue weighted by Crippen LogP contribution is -2.17. The number of carbonyl (C=O) groups excluding carboxylic acids is 2. The van der Waals surface area contributed by atoms with E-state index >= 15 is 0 Å². The van der Waals surface area contributed by atoms with E-state index in [1.807, 2.05) is 12.1 Å². The number of Topliss-reactive ketones (excluding diaryl/α,β-unsaturated/α-hetero) is 2. The number of benzene rings is 2. The van der Waals surface area contributed by atoms with E-state index in [0.29, 0.717) is 17.4 Å². The molecular formula is C17H13ClO5. The van der Waals surface area contributed by atoms with Crippen molar-refractivity contribution >= 4 is 29.1 Å². The van der Waals surface area contributed by atoms with Crippen molar-refractivity contribution in [3.05, 3.63) is 64.7 Å². The van der Waals surface area contributed by atoms with Crippen molar-refractivity contribution < 1.29 is 24.2 Å². The highest BCUT2D eigenvalue weighted by Gasteiger charge is 2.17. The fraction of sp³-hybridized carbons (Fsp3) is 0.118. The molecule has 0 fully saturated rings. The Morgan fingerprint density at radius 1 is 0.957 bits per heavy atom. The van der Waals surface area contributed by atoms with E-state index in [9.17, 15) is 14.4 Å². The number of carbonyl (C=O) groups is 3. The third-order valence-electron chi connectivity index (χ3n) is 3.05. The zero-order valence-electron chi connectivity index (χ0n) is 12.0. The van der Waals surface area contributed by atoms with E-state index in [4.69, 9.17) is 21.4 Å². The highest BCUT2D eigenvalue weighted by Crippen LogP contribution is 2.16.